The van der Waals surface area contributed by atoms with Gasteiger partial charge < -0.3 is 14.6 Å². The van der Waals surface area contributed by atoms with Gasteiger partial charge in [-0.3, -0.25) is 14.2 Å². The van der Waals surface area contributed by atoms with Gasteiger partial charge >= 0.3 is 5.69 Å². The molecule has 3 rings (SSSR count). The van der Waals surface area contributed by atoms with Crippen molar-refractivity contribution in [3.05, 3.63) is 32.6 Å². The van der Waals surface area contributed by atoms with Gasteiger partial charge in [0, 0.05) is 25.9 Å². The predicted molar refractivity (Wildman–Crippen MR) is 80.1 cm³/mol. The normalized spacial score (nSPS) is 22.0. The molecule has 1 unspecified atom stereocenters. The fourth-order valence-electron chi connectivity index (χ4n) is 3.09. The van der Waals surface area contributed by atoms with Crippen molar-refractivity contribution in [2.75, 3.05) is 19.7 Å². The first-order valence-corrected chi connectivity index (χ1v) is 7.90. The molecular formula is C15H21N3O4. The number of nitrogens with one attached hydrogen (secondary N) is 1. The molecule has 0 bridgehead atoms. The van der Waals surface area contributed by atoms with Crippen LogP contribution in [0, 0.1) is 0 Å². The first-order chi connectivity index (χ1) is 10.7. The van der Waals surface area contributed by atoms with Crippen molar-refractivity contribution in [1.82, 2.24) is 14.5 Å². The summed E-state index contributed by atoms with van der Waals surface area (Å²) < 4.78 is 6.57. The summed E-state index contributed by atoms with van der Waals surface area (Å²) in [5, 5.41) is 0. The van der Waals surface area contributed by atoms with E-state index in [1.807, 2.05) is 0 Å². The summed E-state index contributed by atoms with van der Waals surface area (Å²) in [7, 11) is 0. The second-order valence-electron chi connectivity index (χ2n) is 5.91. The van der Waals surface area contributed by atoms with E-state index in [2.05, 4.69) is 4.98 Å². The number of nitrogens with zero attached hydrogens (tertiary/aromatic N) is 2. The highest BCUT2D eigenvalue weighted by molar-refractivity contribution is 5.93. The van der Waals surface area contributed by atoms with Crippen molar-refractivity contribution in [3.8, 4) is 0 Å². The second kappa shape index (κ2) is 6.48. The number of rotatable bonds is 3. The van der Waals surface area contributed by atoms with Crippen molar-refractivity contribution in [2.24, 2.45) is 0 Å². The van der Waals surface area contributed by atoms with E-state index >= 15 is 0 Å². The molecule has 22 heavy (non-hydrogen) atoms. The first kappa shape index (κ1) is 15.0. The summed E-state index contributed by atoms with van der Waals surface area (Å²) in [5.74, 6) is -0.290. The Morgan fingerprint density at radius 3 is 2.68 bits per heavy atom. The Morgan fingerprint density at radius 1 is 1.23 bits per heavy atom. The minimum Gasteiger partial charge on any atom is -0.376 e. The van der Waals surface area contributed by atoms with Crippen LogP contribution < -0.4 is 11.2 Å². The molecule has 1 aromatic rings. The van der Waals surface area contributed by atoms with Gasteiger partial charge in [0.05, 0.1) is 12.6 Å². The number of hydrogen-bond acceptors (Lipinski definition) is 4. The van der Waals surface area contributed by atoms with Crippen molar-refractivity contribution in [2.45, 2.75) is 44.8 Å². The Kier molecular flexibility index (Phi) is 4.42. The Hall–Kier alpha value is -1.89. The summed E-state index contributed by atoms with van der Waals surface area (Å²) in [4.78, 5) is 41.1. The third-order valence-corrected chi connectivity index (χ3v) is 4.34. The number of amides is 1. The zero-order chi connectivity index (χ0) is 15.5. The fraction of sp³-hybridized carbons (Fsp3) is 0.667. The van der Waals surface area contributed by atoms with Gasteiger partial charge in [0.25, 0.3) is 11.5 Å². The number of H-pyrrole nitrogens is 1. The number of piperidine rings is 1. The van der Waals surface area contributed by atoms with Crippen LogP contribution in [-0.2, 0) is 11.3 Å². The lowest BCUT2D eigenvalue weighted by molar-refractivity contribution is 0.0717. The third-order valence-electron chi connectivity index (χ3n) is 4.34. The van der Waals surface area contributed by atoms with Crippen LogP contribution in [0.15, 0.2) is 15.8 Å². The summed E-state index contributed by atoms with van der Waals surface area (Å²) in [6.45, 7) is 2.20. The maximum Gasteiger partial charge on any atom is 0.328 e. The van der Waals surface area contributed by atoms with Crippen LogP contribution in [0.5, 0.6) is 0 Å². The Bertz CT molecular complexity index is 651. The molecule has 0 radical (unpaired) electrons. The lowest BCUT2D eigenvalue weighted by Gasteiger charge is -2.26. The molecule has 2 saturated heterocycles. The SMILES string of the molecule is O=C(c1c[nH]c(=O)n(CC2CCCO2)c1=O)N1CCCCC1. The second-order valence-corrected chi connectivity index (χ2v) is 5.91. The molecule has 0 aromatic carbocycles. The van der Waals surface area contributed by atoms with Crippen molar-refractivity contribution >= 4 is 5.91 Å². The molecule has 7 heteroatoms. The number of likely N-dealkylation sites (tertiary alicyclic amines) is 1. The molecule has 120 valence electrons. The highest BCUT2D eigenvalue weighted by Crippen LogP contribution is 2.13. The van der Waals surface area contributed by atoms with E-state index in [4.69, 9.17) is 4.74 Å². The van der Waals surface area contributed by atoms with Crippen molar-refractivity contribution in [3.63, 3.8) is 0 Å². The first-order valence-electron chi connectivity index (χ1n) is 7.90. The summed E-state index contributed by atoms with van der Waals surface area (Å²) in [6, 6.07) is 0. The smallest absolute Gasteiger partial charge is 0.328 e. The van der Waals surface area contributed by atoms with Gasteiger partial charge in [-0.05, 0) is 32.1 Å². The van der Waals surface area contributed by atoms with Crippen LogP contribution >= 0.6 is 0 Å². The average molecular weight is 307 g/mol. The zero-order valence-electron chi connectivity index (χ0n) is 12.5. The van der Waals surface area contributed by atoms with E-state index in [0.29, 0.717) is 19.7 Å². The van der Waals surface area contributed by atoms with Crippen LogP contribution in [0.4, 0.5) is 0 Å². The van der Waals surface area contributed by atoms with Crippen LogP contribution in [0.1, 0.15) is 42.5 Å². The molecule has 0 saturated carbocycles. The van der Waals surface area contributed by atoms with E-state index in [1.165, 1.54) is 6.20 Å². The molecule has 7 nitrogen and oxygen atoms in total. The Balaban J connectivity index is 1.86. The topological polar surface area (TPSA) is 84.4 Å². The Labute approximate surface area is 127 Å². The highest BCUT2D eigenvalue weighted by atomic mass is 16.5. The largest absolute Gasteiger partial charge is 0.376 e. The molecule has 1 atom stereocenters. The number of aromatic amines is 1. The molecule has 1 aromatic heterocycles. The number of ether oxygens (including phenoxy) is 1. The van der Waals surface area contributed by atoms with Gasteiger partial charge in [-0.1, -0.05) is 0 Å². The van der Waals surface area contributed by atoms with Crippen LogP contribution in [0.25, 0.3) is 0 Å². The number of aromatic nitrogens is 2. The standard InChI is InChI=1S/C15H21N3O4/c19-13(17-6-2-1-3-7-17)12-9-16-15(21)18(14(12)20)10-11-5-4-8-22-11/h9,11H,1-8,10H2,(H,16,21). The predicted octanol–water partition coefficient (Wildman–Crippen LogP) is 0.342. The van der Waals surface area contributed by atoms with E-state index in [0.717, 1.165) is 36.7 Å². The third kappa shape index (κ3) is 2.99. The monoisotopic (exact) mass is 307 g/mol. The van der Waals surface area contributed by atoms with Crippen LogP contribution in [0.3, 0.4) is 0 Å². The molecule has 2 aliphatic heterocycles. The molecule has 0 spiro atoms. The van der Waals surface area contributed by atoms with Gasteiger partial charge in [-0.2, -0.15) is 0 Å². The molecule has 2 fully saturated rings. The zero-order valence-corrected chi connectivity index (χ0v) is 12.5. The highest BCUT2D eigenvalue weighted by Gasteiger charge is 2.24. The molecule has 0 aliphatic carbocycles. The van der Waals surface area contributed by atoms with E-state index in [1.54, 1.807) is 4.90 Å². The molecule has 1 N–H and O–H groups in total. The van der Waals surface area contributed by atoms with Crippen molar-refractivity contribution < 1.29 is 9.53 Å². The quantitative estimate of drug-likeness (QED) is 0.873. The fourth-order valence-corrected chi connectivity index (χ4v) is 3.09. The number of hydrogen-bond donors (Lipinski definition) is 1. The molecule has 3 heterocycles. The average Bonchev–Trinajstić information content (AvgIpc) is 3.05. The van der Waals surface area contributed by atoms with E-state index in [9.17, 15) is 14.4 Å². The molecule has 2 aliphatic rings. The van der Waals surface area contributed by atoms with Gasteiger partial charge in [-0.15, -0.1) is 0 Å². The van der Waals surface area contributed by atoms with Crippen molar-refractivity contribution in [1.29, 1.82) is 0 Å². The van der Waals surface area contributed by atoms with Gasteiger partial charge in [0.2, 0.25) is 0 Å². The number of carbonyl (C=O) groups is 1. The molecule has 1 amide bonds. The van der Waals surface area contributed by atoms with Gasteiger partial charge in [0.1, 0.15) is 5.56 Å². The maximum atomic E-state index is 12.5. The van der Waals surface area contributed by atoms with Crippen LogP contribution in [-0.4, -0.2) is 46.2 Å². The minimum atomic E-state index is -0.519. The summed E-state index contributed by atoms with van der Waals surface area (Å²) >= 11 is 0. The van der Waals surface area contributed by atoms with Gasteiger partial charge in [0.15, 0.2) is 0 Å². The summed E-state index contributed by atoms with van der Waals surface area (Å²) in [6.07, 6.45) is 5.91. The van der Waals surface area contributed by atoms with Gasteiger partial charge in [-0.25, -0.2) is 4.79 Å². The van der Waals surface area contributed by atoms with Crippen LogP contribution in [0.2, 0.25) is 0 Å². The Morgan fingerprint density at radius 2 is 2.00 bits per heavy atom. The molecular weight excluding hydrogens is 286 g/mol. The minimum absolute atomic E-state index is 0.0412. The van der Waals surface area contributed by atoms with E-state index in [-0.39, 0.29) is 24.1 Å². The maximum absolute atomic E-state index is 12.5. The summed E-state index contributed by atoms with van der Waals surface area (Å²) in [5.41, 5.74) is -0.968. The lowest BCUT2D eigenvalue weighted by Crippen LogP contribution is -2.44. The van der Waals surface area contributed by atoms with E-state index < -0.39 is 11.2 Å². The lowest BCUT2D eigenvalue weighted by atomic mass is 10.1. The number of carbonyl (C=O) groups excluding carboxylic acids is 1.